The Bertz CT molecular complexity index is 668. The van der Waals surface area contributed by atoms with Gasteiger partial charge in [-0.15, -0.1) is 0 Å². The van der Waals surface area contributed by atoms with Crippen LogP contribution in [-0.4, -0.2) is 19.3 Å². The van der Waals surface area contributed by atoms with E-state index in [-0.39, 0.29) is 23.7 Å². The van der Waals surface area contributed by atoms with Gasteiger partial charge in [0.25, 0.3) is 0 Å². The third kappa shape index (κ3) is 2.56. The second kappa shape index (κ2) is 6.21. The first-order chi connectivity index (χ1) is 10.3. The Labute approximate surface area is 132 Å². The SMILES string of the molecule is COc1c(O)c(C(OC)C(C)C)c2cc(C(C)C)oc2c1C. The lowest BCUT2D eigenvalue weighted by atomic mass is 9.92. The van der Waals surface area contributed by atoms with E-state index in [1.54, 1.807) is 14.2 Å². The first-order valence-corrected chi connectivity index (χ1v) is 7.69. The van der Waals surface area contributed by atoms with Crippen LogP contribution in [0.1, 0.15) is 56.6 Å². The van der Waals surface area contributed by atoms with Crippen LogP contribution in [0.3, 0.4) is 0 Å². The zero-order valence-electron chi connectivity index (χ0n) is 14.5. The first kappa shape index (κ1) is 16.7. The van der Waals surface area contributed by atoms with Crippen molar-refractivity contribution in [1.29, 1.82) is 0 Å². The zero-order chi connectivity index (χ0) is 16.6. The van der Waals surface area contributed by atoms with Crippen molar-refractivity contribution in [2.45, 2.75) is 46.6 Å². The van der Waals surface area contributed by atoms with Gasteiger partial charge in [0.1, 0.15) is 11.3 Å². The molecule has 0 radical (unpaired) electrons. The van der Waals surface area contributed by atoms with Gasteiger partial charge in [-0.25, -0.2) is 0 Å². The van der Waals surface area contributed by atoms with E-state index in [9.17, 15) is 5.11 Å². The summed E-state index contributed by atoms with van der Waals surface area (Å²) in [4.78, 5) is 0. The maximum absolute atomic E-state index is 10.7. The summed E-state index contributed by atoms with van der Waals surface area (Å²) in [6, 6.07) is 2.01. The summed E-state index contributed by atoms with van der Waals surface area (Å²) in [5, 5.41) is 11.6. The van der Waals surface area contributed by atoms with Gasteiger partial charge in [-0.3, -0.25) is 0 Å². The largest absolute Gasteiger partial charge is 0.504 e. The highest BCUT2D eigenvalue weighted by atomic mass is 16.5. The molecule has 4 nitrogen and oxygen atoms in total. The Morgan fingerprint density at radius 3 is 2.23 bits per heavy atom. The minimum Gasteiger partial charge on any atom is -0.504 e. The summed E-state index contributed by atoms with van der Waals surface area (Å²) in [5.41, 5.74) is 2.31. The van der Waals surface area contributed by atoms with E-state index >= 15 is 0 Å². The number of phenols is 1. The van der Waals surface area contributed by atoms with Crippen molar-refractivity contribution in [2.24, 2.45) is 5.92 Å². The Hall–Kier alpha value is -1.68. The Kier molecular flexibility index (Phi) is 4.71. The molecule has 0 amide bonds. The molecule has 0 aliphatic carbocycles. The molecular formula is C18H26O4. The number of hydrogen-bond donors (Lipinski definition) is 1. The van der Waals surface area contributed by atoms with Crippen LogP contribution in [0.5, 0.6) is 11.5 Å². The van der Waals surface area contributed by atoms with Crippen molar-refractivity contribution in [3.8, 4) is 11.5 Å². The molecule has 122 valence electrons. The van der Waals surface area contributed by atoms with E-state index in [1.807, 2.05) is 13.0 Å². The minimum absolute atomic E-state index is 0.143. The topological polar surface area (TPSA) is 51.8 Å². The van der Waals surface area contributed by atoms with Crippen molar-refractivity contribution in [1.82, 2.24) is 0 Å². The van der Waals surface area contributed by atoms with E-state index in [1.165, 1.54) is 0 Å². The van der Waals surface area contributed by atoms with Gasteiger partial charge in [-0.05, 0) is 18.9 Å². The van der Waals surface area contributed by atoms with Gasteiger partial charge in [0.15, 0.2) is 11.5 Å². The fourth-order valence-electron chi connectivity index (χ4n) is 2.96. The summed E-state index contributed by atoms with van der Waals surface area (Å²) >= 11 is 0. The fourth-order valence-corrected chi connectivity index (χ4v) is 2.96. The van der Waals surface area contributed by atoms with Crippen LogP contribution < -0.4 is 4.74 Å². The smallest absolute Gasteiger partial charge is 0.167 e. The van der Waals surface area contributed by atoms with E-state index in [2.05, 4.69) is 27.7 Å². The van der Waals surface area contributed by atoms with Crippen molar-refractivity contribution < 1.29 is 19.0 Å². The van der Waals surface area contributed by atoms with Crippen LogP contribution in [0.25, 0.3) is 11.0 Å². The summed E-state index contributed by atoms with van der Waals surface area (Å²) in [6.45, 7) is 10.2. The zero-order valence-corrected chi connectivity index (χ0v) is 14.5. The second-order valence-corrected chi connectivity index (χ2v) is 6.37. The normalized spacial score (nSPS) is 13.3. The molecule has 0 spiro atoms. The molecule has 1 heterocycles. The lowest BCUT2D eigenvalue weighted by molar-refractivity contribution is 0.0635. The molecule has 1 aromatic carbocycles. The molecule has 0 bridgehead atoms. The number of methoxy groups -OCH3 is 2. The van der Waals surface area contributed by atoms with Crippen molar-refractivity contribution in [3.63, 3.8) is 0 Å². The van der Waals surface area contributed by atoms with Crippen LogP contribution in [0.4, 0.5) is 0 Å². The Morgan fingerprint density at radius 1 is 1.14 bits per heavy atom. The predicted octanol–water partition coefficient (Wildman–Crippen LogP) is 4.92. The molecule has 0 saturated heterocycles. The molecule has 2 aromatic rings. The van der Waals surface area contributed by atoms with Crippen LogP contribution in [0.2, 0.25) is 0 Å². The van der Waals surface area contributed by atoms with E-state index in [4.69, 9.17) is 13.9 Å². The summed E-state index contributed by atoms with van der Waals surface area (Å²) in [6.07, 6.45) is -0.227. The Morgan fingerprint density at radius 2 is 1.77 bits per heavy atom. The highest BCUT2D eigenvalue weighted by Crippen LogP contribution is 2.47. The van der Waals surface area contributed by atoms with Gasteiger partial charge in [0.05, 0.1) is 13.2 Å². The van der Waals surface area contributed by atoms with Crippen molar-refractivity contribution >= 4 is 11.0 Å². The monoisotopic (exact) mass is 306 g/mol. The molecule has 0 saturated carbocycles. The molecule has 1 atom stereocenters. The molecule has 2 rings (SSSR count). The van der Waals surface area contributed by atoms with Crippen molar-refractivity contribution in [2.75, 3.05) is 14.2 Å². The average molecular weight is 306 g/mol. The average Bonchev–Trinajstić information content (AvgIpc) is 2.88. The van der Waals surface area contributed by atoms with Crippen LogP contribution >= 0.6 is 0 Å². The molecule has 0 fully saturated rings. The lowest BCUT2D eigenvalue weighted by Gasteiger charge is -2.23. The molecule has 4 heteroatoms. The van der Waals surface area contributed by atoms with Crippen LogP contribution in [0, 0.1) is 12.8 Å². The quantitative estimate of drug-likeness (QED) is 0.851. The van der Waals surface area contributed by atoms with Gasteiger partial charge in [0.2, 0.25) is 0 Å². The first-order valence-electron chi connectivity index (χ1n) is 7.69. The maximum Gasteiger partial charge on any atom is 0.167 e. The van der Waals surface area contributed by atoms with Gasteiger partial charge in [-0.1, -0.05) is 27.7 Å². The molecule has 1 aromatic heterocycles. The summed E-state index contributed by atoms with van der Waals surface area (Å²) < 4.78 is 17.1. The number of phenolic OH excluding ortho intramolecular Hbond substituents is 1. The number of furan rings is 1. The second-order valence-electron chi connectivity index (χ2n) is 6.37. The number of ether oxygens (including phenoxy) is 2. The molecule has 0 aliphatic heterocycles. The van der Waals surface area contributed by atoms with Gasteiger partial charge in [-0.2, -0.15) is 0 Å². The third-order valence-corrected chi connectivity index (χ3v) is 4.11. The summed E-state index contributed by atoms with van der Waals surface area (Å²) in [7, 11) is 3.22. The lowest BCUT2D eigenvalue weighted by Crippen LogP contribution is -2.10. The standard InChI is InChI=1S/C18H26O4/c1-9(2)13-8-12-14(16(20-6)10(3)4)15(19)18(21-7)11(5)17(12)22-13/h8-10,16,19H,1-7H3. The number of benzene rings is 1. The highest BCUT2D eigenvalue weighted by Gasteiger charge is 2.28. The Balaban J connectivity index is 2.87. The maximum atomic E-state index is 10.7. The third-order valence-electron chi connectivity index (χ3n) is 4.11. The predicted molar refractivity (Wildman–Crippen MR) is 87.8 cm³/mol. The van der Waals surface area contributed by atoms with Gasteiger partial charge >= 0.3 is 0 Å². The molecular weight excluding hydrogens is 280 g/mol. The van der Waals surface area contributed by atoms with E-state index in [0.717, 1.165) is 27.9 Å². The molecule has 22 heavy (non-hydrogen) atoms. The fraction of sp³-hybridized carbons (Fsp3) is 0.556. The highest BCUT2D eigenvalue weighted by molar-refractivity contribution is 5.90. The number of rotatable bonds is 5. The number of fused-ring (bicyclic) bond motifs is 1. The van der Waals surface area contributed by atoms with E-state index in [0.29, 0.717) is 5.75 Å². The minimum atomic E-state index is -0.227. The van der Waals surface area contributed by atoms with Crippen LogP contribution in [-0.2, 0) is 4.74 Å². The summed E-state index contributed by atoms with van der Waals surface area (Å²) in [5.74, 6) is 1.97. The molecule has 1 unspecified atom stereocenters. The van der Waals surface area contributed by atoms with Gasteiger partial charge < -0.3 is 19.0 Å². The van der Waals surface area contributed by atoms with Crippen LogP contribution in [0.15, 0.2) is 10.5 Å². The number of hydrogen-bond acceptors (Lipinski definition) is 4. The van der Waals surface area contributed by atoms with Gasteiger partial charge in [0, 0.05) is 29.5 Å². The van der Waals surface area contributed by atoms with E-state index < -0.39 is 0 Å². The number of aryl methyl sites for hydroxylation is 1. The molecule has 0 aliphatic rings. The number of aromatic hydroxyl groups is 1. The van der Waals surface area contributed by atoms with Crippen molar-refractivity contribution in [3.05, 3.63) is 23.0 Å². The molecule has 1 N–H and O–H groups in total.